The van der Waals surface area contributed by atoms with Crippen molar-refractivity contribution in [2.24, 2.45) is 0 Å². The van der Waals surface area contributed by atoms with Gasteiger partial charge in [-0.25, -0.2) is 19.2 Å². The summed E-state index contributed by atoms with van der Waals surface area (Å²) in [7, 11) is 2.41. The van der Waals surface area contributed by atoms with Crippen LogP contribution in [0.3, 0.4) is 0 Å². The average molecular weight is 1140 g/mol. The van der Waals surface area contributed by atoms with Gasteiger partial charge in [-0.05, 0) is 73.6 Å². The van der Waals surface area contributed by atoms with Gasteiger partial charge in [0.05, 0.1) is 24.9 Å². The minimum Gasteiger partial charge on any atom is -0.456 e. The van der Waals surface area contributed by atoms with Crippen LogP contribution in [0.5, 0.6) is 0 Å². The highest BCUT2D eigenvalue weighted by molar-refractivity contribution is 9.09. The largest absolute Gasteiger partial charge is 0.456 e. The summed E-state index contributed by atoms with van der Waals surface area (Å²) < 4.78 is 19.9. The smallest absolute Gasteiger partial charge is 0.407 e. The minimum absolute atomic E-state index is 0.0646. The molecule has 0 aliphatic carbocycles. The van der Waals surface area contributed by atoms with Crippen LogP contribution in [0.25, 0.3) is 22.3 Å². The molecule has 20 heteroatoms. The van der Waals surface area contributed by atoms with Crippen LogP contribution in [0.15, 0.2) is 97.1 Å². The fourth-order valence-electron chi connectivity index (χ4n) is 9.64. The van der Waals surface area contributed by atoms with E-state index in [-0.39, 0.29) is 35.5 Å². The third-order valence-corrected chi connectivity index (χ3v) is 14.6. The Morgan fingerprint density at radius 3 is 1.01 bits per heavy atom. The topological polar surface area (TPSA) is 238 Å². The Morgan fingerprint density at radius 2 is 0.730 bits per heavy atom. The zero-order chi connectivity index (χ0) is 53.1. The normalized spacial score (nSPS) is 20.6. The van der Waals surface area contributed by atoms with Crippen molar-refractivity contribution >= 4 is 90.9 Å². The number of carbonyl (C=O) groups is 10. The van der Waals surface area contributed by atoms with Crippen molar-refractivity contribution in [2.45, 2.75) is 87.6 Å². The summed E-state index contributed by atoms with van der Waals surface area (Å²) in [4.78, 5) is 127. The molecule has 6 atom stereocenters. The van der Waals surface area contributed by atoms with Gasteiger partial charge in [0.2, 0.25) is 11.8 Å². The molecule has 74 heavy (non-hydrogen) atoms. The number of hydrogen-bond donors (Lipinski definition) is 2. The first-order valence-electron chi connectivity index (χ1n) is 24.0. The highest BCUT2D eigenvalue weighted by atomic mass is 79.9. The van der Waals surface area contributed by atoms with Crippen LogP contribution < -0.4 is 10.6 Å². The van der Waals surface area contributed by atoms with Crippen molar-refractivity contribution in [3.63, 3.8) is 0 Å². The quantitative estimate of drug-likeness (QED) is 0.0494. The highest BCUT2D eigenvalue weighted by Gasteiger charge is 2.48. The molecule has 0 radical (unpaired) electrons. The summed E-state index contributed by atoms with van der Waals surface area (Å²) in [6.45, 7) is -1.01. The molecule has 388 valence electrons. The van der Waals surface area contributed by atoms with Crippen molar-refractivity contribution in [3.8, 4) is 22.3 Å². The van der Waals surface area contributed by atoms with E-state index in [1.165, 1.54) is 24.0 Å². The van der Waals surface area contributed by atoms with Crippen LogP contribution in [0, 0.1) is 0 Å². The number of carbonyl (C=O) groups excluding carboxylic acids is 10. The van der Waals surface area contributed by atoms with E-state index < -0.39 is 73.1 Å². The van der Waals surface area contributed by atoms with Crippen LogP contribution in [0.1, 0.15) is 92.8 Å². The molecule has 4 heterocycles. The van der Waals surface area contributed by atoms with Crippen molar-refractivity contribution in [2.75, 3.05) is 38.1 Å². The van der Waals surface area contributed by atoms with Crippen molar-refractivity contribution in [1.82, 2.24) is 20.4 Å². The molecule has 4 amide bonds. The van der Waals surface area contributed by atoms with E-state index in [1.807, 2.05) is 48.5 Å². The van der Waals surface area contributed by atoms with E-state index in [9.17, 15) is 47.9 Å². The fourth-order valence-corrected chi connectivity index (χ4v) is 10.3. The monoisotopic (exact) mass is 1140 g/mol. The number of esters is 2. The van der Waals surface area contributed by atoms with Crippen LogP contribution in [-0.2, 0) is 38.1 Å². The number of halogens is 2. The van der Waals surface area contributed by atoms with Crippen molar-refractivity contribution < 1.29 is 66.9 Å². The molecule has 4 aliphatic rings. The number of alkyl carbamates (subject to hydrolysis) is 2. The number of alkyl halides is 2. The molecule has 4 aromatic carbocycles. The van der Waals surface area contributed by atoms with Crippen LogP contribution in [-0.4, -0.2) is 143 Å². The average Bonchev–Trinajstić information content (AvgIpc) is 4.09. The second-order valence-corrected chi connectivity index (χ2v) is 19.1. The van der Waals surface area contributed by atoms with Gasteiger partial charge in [-0.1, -0.05) is 129 Å². The number of amides is 4. The standard InChI is InChI=1S/C38H42N4O12.C16H12Br2O2/c1-51-37(49)39-27-15-11-25-13-17-29(41(25)33(27)45)35(47)53-19-31(43)23-7-3-21(4-8-23)22-5-9-24(10-6-22)32(44)20-54-36(48)30-18-14-26-12-16-28(34(46)42(26)30)40-38(50)52-2;17-9-15(19)13-5-1-11(2-6-13)12-3-7-14(8-4-12)16(20)10-18/h3-10,25-30H,11-20H2,1-2H3,(H,39,49)(H,40,50);1-8H,9-10H2/t25-,26-,27-,28-,29-,30-;/m0./s1. The lowest BCUT2D eigenvalue weighted by atomic mass is 9.98. The number of nitrogens with one attached hydrogen (secondary N) is 2. The van der Waals surface area contributed by atoms with Gasteiger partial charge >= 0.3 is 24.1 Å². The molecule has 4 aromatic rings. The first-order valence-corrected chi connectivity index (χ1v) is 26.2. The predicted octanol–water partition coefficient (Wildman–Crippen LogP) is 7.07. The van der Waals surface area contributed by atoms with Gasteiger partial charge in [-0.15, -0.1) is 0 Å². The zero-order valence-electron chi connectivity index (χ0n) is 40.6. The number of rotatable bonds is 16. The molecule has 4 aliphatic heterocycles. The number of Topliss-reactive ketones (excluding diaryl/α,β-unsaturated/α-hetero) is 4. The first kappa shape index (κ1) is 54.7. The number of benzene rings is 4. The lowest BCUT2D eigenvalue weighted by Crippen LogP contribution is -2.57. The van der Waals surface area contributed by atoms with E-state index in [2.05, 4.69) is 52.0 Å². The van der Waals surface area contributed by atoms with Gasteiger partial charge < -0.3 is 39.4 Å². The maximum atomic E-state index is 13.0. The minimum atomic E-state index is -0.839. The van der Waals surface area contributed by atoms with E-state index in [4.69, 9.17) is 9.47 Å². The molecular weight excluding hydrogens is 1090 g/mol. The lowest BCUT2D eigenvalue weighted by Gasteiger charge is -2.37. The Bertz CT molecular complexity index is 2580. The Hall–Kier alpha value is -7.06. The first-order chi connectivity index (χ1) is 35.6. The van der Waals surface area contributed by atoms with Crippen molar-refractivity contribution in [1.29, 1.82) is 0 Å². The summed E-state index contributed by atoms with van der Waals surface area (Å²) in [5.74, 6) is -2.82. The van der Waals surface area contributed by atoms with Crippen LogP contribution in [0.2, 0.25) is 0 Å². The molecule has 8 rings (SSSR count). The molecule has 18 nitrogen and oxygen atoms in total. The van der Waals surface area contributed by atoms with E-state index in [0.29, 0.717) is 84.3 Å². The lowest BCUT2D eigenvalue weighted by molar-refractivity contribution is -0.155. The summed E-state index contributed by atoms with van der Waals surface area (Å²) in [5.41, 5.74) is 5.57. The summed E-state index contributed by atoms with van der Waals surface area (Å²) >= 11 is 6.32. The van der Waals surface area contributed by atoms with E-state index in [0.717, 1.165) is 22.3 Å². The number of ketones is 4. The van der Waals surface area contributed by atoms with E-state index >= 15 is 0 Å². The molecule has 0 spiro atoms. The van der Waals surface area contributed by atoms with E-state index in [1.54, 1.807) is 48.5 Å². The molecule has 0 saturated carbocycles. The number of hydrogen-bond acceptors (Lipinski definition) is 14. The molecule has 0 bridgehead atoms. The molecule has 4 fully saturated rings. The van der Waals surface area contributed by atoms with Gasteiger partial charge in [0.1, 0.15) is 24.2 Å². The number of piperidine rings is 2. The third kappa shape index (κ3) is 13.0. The van der Waals surface area contributed by atoms with Gasteiger partial charge in [-0.3, -0.25) is 28.8 Å². The maximum absolute atomic E-state index is 13.0. The molecule has 0 aromatic heterocycles. The van der Waals surface area contributed by atoms with Gasteiger partial charge in [0.25, 0.3) is 0 Å². The second kappa shape index (κ2) is 25.3. The fraction of sp³-hybridized carbons (Fsp3) is 0.370. The summed E-state index contributed by atoms with van der Waals surface area (Å²) in [6, 6.07) is 24.7. The number of fused-ring (bicyclic) bond motifs is 2. The summed E-state index contributed by atoms with van der Waals surface area (Å²) in [5, 5.41) is 5.67. The zero-order valence-corrected chi connectivity index (χ0v) is 43.7. The molecule has 0 unspecified atom stereocenters. The Balaban J connectivity index is 0.000000334. The van der Waals surface area contributed by atoms with Crippen LogP contribution >= 0.6 is 31.9 Å². The highest BCUT2D eigenvalue weighted by Crippen LogP contribution is 2.35. The maximum Gasteiger partial charge on any atom is 0.407 e. The molecule has 4 saturated heterocycles. The van der Waals surface area contributed by atoms with Crippen LogP contribution in [0.4, 0.5) is 9.59 Å². The molecule has 2 N–H and O–H groups in total. The summed E-state index contributed by atoms with van der Waals surface area (Å²) in [6.07, 6.45) is 2.72. The van der Waals surface area contributed by atoms with Gasteiger partial charge in [0, 0.05) is 34.3 Å². The Morgan fingerprint density at radius 1 is 0.446 bits per heavy atom. The third-order valence-electron chi connectivity index (χ3n) is 13.6. The SMILES string of the molecule is COC(=O)N[C@H]1CC[C@H]2CC[C@@H](C(=O)OCC(=O)c3ccc(-c4ccc(C(=O)COC(=O)[C@@H]5CC[C@@H]6CC[C@H](NC(=O)OC)C(=O)N65)cc4)cc3)N2C1=O.O=C(CBr)c1ccc(-c2ccc(C(=O)CBr)cc2)cc1. The number of ether oxygens (including phenoxy) is 4. The molecular formula is C54H54Br2N4O14. The second-order valence-electron chi connectivity index (χ2n) is 18.0. The number of methoxy groups -OCH3 is 2. The number of nitrogens with zero attached hydrogens (tertiary/aromatic N) is 2. The Kier molecular flexibility index (Phi) is 18.7. The Labute approximate surface area is 443 Å². The van der Waals surface area contributed by atoms with Crippen molar-refractivity contribution in [3.05, 3.63) is 119 Å². The van der Waals surface area contributed by atoms with Gasteiger partial charge in [0.15, 0.2) is 36.3 Å². The van der Waals surface area contributed by atoms with Gasteiger partial charge in [-0.2, -0.15) is 0 Å². The predicted molar refractivity (Wildman–Crippen MR) is 275 cm³/mol.